The molecule has 1 aliphatic carbocycles. The second kappa shape index (κ2) is 7.81. The Balaban J connectivity index is 1.69. The van der Waals surface area contributed by atoms with E-state index in [1.165, 1.54) is 35.4 Å². The Bertz CT molecular complexity index is 1180. The summed E-state index contributed by atoms with van der Waals surface area (Å²) in [4.78, 5) is 38.4. The lowest BCUT2D eigenvalue weighted by atomic mass is 10.1. The van der Waals surface area contributed by atoms with Crippen LogP contribution in [0.2, 0.25) is 5.02 Å². The number of rotatable bonds is 4. The second-order valence-corrected chi connectivity index (χ2v) is 8.00. The molecule has 0 spiro atoms. The van der Waals surface area contributed by atoms with Crippen LogP contribution in [0, 0.1) is 0 Å². The zero-order valence-corrected chi connectivity index (χ0v) is 17.0. The Labute approximate surface area is 174 Å². The van der Waals surface area contributed by atoms with Gasteiger partial charge in [0, 0.05) is 22.2 Å². The van der Waals surface area contributed by atoms with E-state index in [0.29, 0.717) is 21.3 Å². The number of carbonyl (C=O) groups excluding carboxylic acids is 2. The minimum absolute atomic E-state index is 0.281. The Kier molecular flexibility index (Phi) is 5.21. The second-order valence-electron chi connectivity index (χ2n) is 6.46. The van der Waals surface area contributed by atoms with Crippen LogP contribution in [0.15, 0.2) is 41.3 Å². The highest BCUT2D eigenvalue weighted by Gasteiger charge is 2.28. The number of fused-ring (bicyclic) bond motifs is 1. The van der Waals surface area contributed by atoms with E-state index in [2.05, 4.69) is 10.4 Å². The number of carbonyl (C=O) groups is 2. The van der Waals surface area contributed by atoms with E-state index in [9.17, 15) is 14.4 Å². The molecule has 0 unspecified atom stereocenters. The monoisotopic (exact) mass is 429 g/mol. The molecule has 148 valence electrons. The summed E-state index contributed by atoms with van der Waals surface area (Å²) in [5, 5.41) is 7.72. The third kappa shape index (κ3) is 3.68. The average Bonchev–Trinajstić information content (AvgIpc) is 3.28. The van der Waals surface area contributed by atoms with E-state index in [1.807, 2.05) is 0 Å². The highest BCUT2D eigenvalue weighted by molar-refractivity contribution is 7.17. The normalized spacial score (nSPS) is 12.5. The molecule has 0 fully saturated rings. The summed E-state index contributed by atoms with van der Waals surface area (Å²) < 4.78 is 6.28. The molecule has 3 aromatic rings. The number of nitrogens with one attached hydrogen (secondary N) is 1. The van der Waals surface area contributed by atoms with Gasteiger partial charge in [0.1, 0.15) is 5.00 Å². The smallest absolute Gasteiger partial charge is 0.341 e. The molecule has 1 amide bonds. The number of thiophene rings is 1. The van der Waals surface area contributed by atoms with Crippen molar-refractivity contribution in [3.63, 3.8) is 0 Å². The number of aryl methyl sites for hydroxylation is 1. The number of halogens is 1. The Morgan fingerprint density at radius 1 is 1.28 bits per heavy atom. The molecule has 0 atom stereocenters. The zero-order chi connectivity index (χ0) is 20.5. The fourth-order valence-corrected chi connectivity index (χ4v) is 4.76. The van der Waals surface area contributed by atoms with Gasteiger partial charge in [-0.1, -0.05) is 17.7 Å². The summed E-state index contributed by atoms with van der Waals surface area (Å²) in [6, 6.07) is 8.14. The standard InChI is InChI=1S/C20H16ClN3O4S/c1-28-20(27)16-13-6-3-7-15(13)29-19(16)22-18(26)17-14(25)8-9-24(23-17)12-5-2-4-11(21)10-12/h2,4-5,8-10H,3,6-7H2,1H3,(H,22,26). The van der Waals surface area contributed by atoms with E-state index < -0.39 is 17.3 Å². The van der Waals surface area contributed by atoms with Gasteiger partial charge in [0.25, 0.3) is 5.91 Å². The van der Waals surface area contributed by atoms with Crippen molar-refractivity contribution < 1.29 is 14.3 Å². The highest BCUT2D eigenvalue weighted by Crippen LogP contribution is 2.39. The van der Waals surface area contributed by atoms with Gasteiger partial charge >= 0.3 is 5.97 Å². The maximum Gasteiger partial charge on any atom is 0.341 e. The molecule has 1 aromatic carbocycles. The van der Waals surface area contributed by atoms with Crippen LogP contribution in [-0.2, 0) is 17.6 Å². The van der Waals surface area contributed by atoms with Crippen molar-refractivity contribution in [3.8, 4) is 5.69 Å². The van der Waals surface area contributed by atoms with Crippen molar-refractivity contribution in [1.82, 2.24) is 9.78 Å². The van der Waals surface area contributed by atoms with Crippen molar-refractivity contribution in [2.45, 2.75) is 19.3 Å². The molecule has 1 aliphatic rings. The number of methoxy groups -OCH3 is 1. The number of hydrogen-bond acceptors (Lipinski definition) is 6. The van der Waals surface area contributed by atoms with Gasteiger partial charge in [-0.05, 0) is 43.0 Å². The number of amides is 1. The summed E-state index contributed by atoms with van der Waals surface area (Å²) in [7, 11) is 1.30. The first-order valence-electron chi connectivity index (χ1n) is 8.88. The minimum Gasteiger partial charge on any atom is -0.465 e. The highest BCUT2D eigenvalue weighted by atomic mass is 35.5. The van der Waals surface area contributed by atoms with E-state index in [0.717, 1.165) is 29.7 Å². The summed E-state index contributed by atoms with van der Waals surface area (Å²) in [6.45, 7) is 0. The Morgan fingerprint density at radius 2 is 2.10 bits per heavy atom. The van der Waals surface area contributed by atoms with Crippen LogP contribution in [0.1, 0.15) is 37.7 Å². The summed E-state index contributed by atoms with van der Waals surface area (Å²) in [5.41, 5.74) is 1.08. The SMILES string of the molecule is COC(=O)c1c(NC(=O)c2nn(-c3cccc(Cl)c3)ccc2=O)sc2c1CCC2. The maximum atomic E-state index is 12.8. The number of esters is 1. The molecule has 0 radical (unpaired) electrons. The lowest BCUT2D eigenvalue weighted by Crippen LogP contribution is -2.25. The molecule has 7 nitrogen and oxygen atoms in total. The third-order valence-corrected chi connectivity index (χ3v) is 6.08. The van der Waals surface area contributed by atoms with Gasteiger partial charge in [-0.2, -0.15) is 5.10 Å². The molecule has 0 aliphatic heterocycles. The first-order chi connectivity index (χ1) is 14.0. The van der Waals surface area contributed by atoms with E-state index in [-0.39, 0.29) is 5.69 Å². The number of aromatic nitrogens is 2. The lowest BCUT2D eigenvalue weighted by Gasteiger charge is -2.09. The van der Waals surface area contributed by atoms with Gasteiger partial charge in [0.05, 0.1) is 18.4 Å². The number of nitrogens with zero attached hydrogens (tertiary/aromatic N) is 2. The molecule has 4 rings (SSSR count). The molecule has 0 saturated heterocycles. The zero-order valence-electron chi connectivity index (χ0n) is 15.4. The van der Waals surface area contributed by atoms with Gasteiger partial charge in [0.15, 0.2) is 5.69 Å². The van der Waals surface area contributed by atoms with Crippen LogP contribution in [0.5, 0.6) is 0 Å². The van der Waals surface area contributed by atoms with Gasteiger partial charge in [-0.25, -0.2) is 9.48 Å². The molecule has 9 heteroatoms. The van der Waals surface area contributed by atoms with Crippen LogP contribution in [0.25, 0.3) is 5.69 Å². The molecule has 0 bridgehead atoms. The maximum absolute atomic E-state index is 12.8. The van der Waals surface area contributed by atoms with Gasteiger partial charge < -0.3 is 10.1 Å². The van der Waals surface area contributed by atoms with E-state index >= 15 is 0 Å². The first kappa shape index (κ1) is 19.4. The van der Waals surface area contributed by atoms with Crippen LogP contribution < -0.4 is 10.7 Å². The van der Waals surface area contributed by atoms with E-state index in [4.69, 9.17) is 16.3 Å². The van der Waals surface area contributed by atoms with Crippen molar-refractivity contribution in [1.29, 1.82) is 0 Å². The minimum atomic E-state index is -0.684. The molecule has 2 aromatic heterocycles. The van der Waals surface area contributed by atoms with Crippen molar-refractivity contribution in [3.05, 3.63) is 73.5 Å². The Hall–Kier alpha value is -2.97. The topological polar surface area (TPSA) is 90.3 Å². The molecule has 1 N–H and O–H groups in total. The molecule has 29 heavy (non-hydrogen) atoms. The predicted molar refractivity (Wildman–Crippen MR) is 110 cm³/mol. The van der Waals surface area contributed by atoms with Crippen molar-refractivity contribution in [2.75, 3.05) is 12.4 Å². The van der Waals surface area contributed by atoms with Crippen molar-refractivity contribution in [2.24, 2.45) is 0 Å². The third-order valence-electron chi connectivity index (χ3n) is 4.63. The number of ether oxygens (including phenoxy) is 1. The largest absolute Gasteiger partial charge is 0.465 e. The predicted octanol–water partition coefficient (Wildman–Crippen LogP) is 3.48. The molecule has 2 heterocycles. The van der Waals surface area contributed by atoms with Crippen LogP contribution in [-0.4, -0.2) is 28.8 Å². The van der Waals surface area contributed by atoms with Crippen molar-refractivity contribution >= 4 is 39.8 Å². The quantitative estimate of drug-likeness (QED) is 0.641. The van der Waals surface area contributed by atoms with Gasteiger partial charge in [0.2, 0.25) is 5.43 Å². The fraction of sp³-hybridized carbons (Fsp3) is 0.200. The fourth-order valence-electron chi connectivity index (χ4n) is 3.30. The van der Waals surface area contributed by atoms with Crippen LogP contribution in [0.3, 0.4) is 0 Å². The number of benzene rings is 1. The molecular weight excluding hydrogens is 414 g/mol. The van der Waals surface area contributed by atoms with Crippen LogP contribution in [0.4, 0.5) is 5.00 Å². The van der Waals surface area contributed by atoms with Crippen LogP contribution >= 0.6 is 22.9 Å². The average molecular weight is 430 g/mol. The lowest BCUT2D eigenvalue weighted by molar-refractivity contribution is 0.0601. The molecule has 0 saturated carbocycles. The Morgan fingerprint density at radius 3 is 2.86 bits per heavy atom. The van der Waals surface area contributed by atoms with Gasteiger partial charge in [-0.3, -0.25) is 9.59 Å². The number of hydrogen-bond donors (Lipinski definition) is 1. The summed E-state index contributed by atoms with van der Waals surface area (Å²) in [5.74, 6) is -1.19. The van der Waals surface area contributed by atoms with E-state index in [1.54, 1.807) is 24.3 Å². The molecular formula is C20H16ClN3O4S. The summed E-state index contributed by atoms with van der Waals surface area (Å²) in [6.07, 6.45) is 4.04. The first-order valence-corrected chi connectivity index (χ1v) is 10.1. The van der Waals surface area contributed by atoms with Gasteiger partial charge in [-0.15, -0.1) is 11.3 Å². The number of anilines is 1. The summed E-state index contributed by atoms with van der Waals surface area (Å²) >= 11 is 7.35.